The highest BCUT2D eigenvalue weighted by atomic mass is 16.5. The molecule has 3 heteroatoms. The normalized spacial score (nSPS) is 25.9. The van der Waals surface area contributed by atoms with E-state index in [1.54, 1.807) is 0 Å². The molecule has 0 N–H and O–H groups in total. The van der Waals surface area contributed by atoms with Gasteiger partial charge in [-0.3, -0.25) is 4.79 Å². The Balaban J connectivity index is 2.21. The van der Waals surface area contributed by atoms with Crippen LogP contribution >= 0.6 is 0 Å². The van der Waals surface area contributed by atoms with Gasteiger partial charge in [-0.05, 0) is 43.9 Å². The van der Waals surface area contributed by atoms with Crippen LogP contribution in [0.1, 0.15) is 32.8 Å². The molecular weight excluding hydrogens is 228 g/mol. The summed E-state index contributed by atoms with van der Waals surface area (Å²) in [5, 5.41) is 0. The highest BCUT2D eigenvalue weighted by molar-refractivity contribution is 5.87. The third kappa shape index (κ3) is 2.09. The minimum Gasteiger partial charge on any atom is -0.491 e. The molecule has 2 unspecified atom stereocenters. The largest absolute Gasteiger partial charge is 0.491 e. The van der Waals surface area contributed by atoms with Crippen LogP contribution in [0.3, 0.4) is 0 Å². The Bertz CT molecular complexity index is 436. The number of rotatable bonds is 4. The lowest BCUT2D eigenvalue weighted by Crippen LogP contribution is -2.24. The Kier molecular flexibility index (Phi) is 3.33. The standard InChI is InChI=1S/C15H20O3/c1-10(2)18-13-7-5-12(6-8-13)15(9-11(15)3)14(16)17-4/h5-8,10-11H,9H2,1-4H3. The fourth-order valence-electron chi connectivity index (χ4n) is 2.51. The average Bonchev–Trinajstić information content (AvgIpc) is 3.01. The molecule has 0 bridgehead atoms. The topological polar surface area (TPSA) is 35.5 Å². The van der Waals surface area contributed by atoms with Crippen LogP contribution in [0.5, 0.6) is 5.75 Å². The van der Waals surface area contributed by atoms with Gasteiger partial charge in [-0.1, -0.05) is 19.1 Å². The van der Waals surface area contributed by atoms with E-state index in [0.29, 0.717) is 5.92 Å². The van der Waals surface area contributed by atoms with Gasteiger partial charge in [0, 0.05) is 0 Å². The van der Waals surface area contributed by atoms with Crippen molar-refractivity contribution in [1.82, 2.24) is 0 Å². The lowest BCUT2D eigenvalue weighted by atomic mass is 9.93. The van der Waals surface area contributed by atoms with E-state index in [-0.39, 0.29) is 12.1 Å². The number of esters is 1. The van der Waals surface area contributed by atoms with Gasteiger partial charge in [-0.2, -0.15) is 0 Å². The number of ether oxygens (including phenoxy) is 2. The molecule has 1 aliphatic rings. The summed E-state index contributed by atoms with van der Waals surface area (Å²) in [6.45, 7) is 6.06. The minimum atomic E-state index is -0.425. The van der Waals surface area contributed by atoms with Gasteiger partial charge in [0.2, 0.25) is 0 Å². The third-order valence-corrected chi connectivity index (χ3v) is 3.60. The van der Waals surface area contributed by atoms with Crippen molar-refractivity contribution >= 4 is 5.97 Å². The molecule has 1 aromatic carbocycles. The zero-order valence-electron chi connectivity index (χ0n) is 11.4. The molecule has 98 valence electrons. The van der Waals surface area contributed by atoms with Gasteiger partial charge in [-0.25, -0.2) is 0 Å². The molecular formula is C15H20O3. The minimum absolute atomic E-state index is 0.132. The van der Waals surface area contributed by atoms with Crippen LogP contribution in [0.2, 0.25) is 0 Å². The Labute approximate surface area is 108 Å². The van der Waals surface area contributed by atoms with Gasteiger partial charge in [0.15, 0.2) is 0 Å². The summed E-state index contributed by atoms with van der Waals surface area (Å²) >= 11 is 0. The molecule has 0 heterocycles. The van der Waals surface area contributed by atoms with Gasteiger partial charge >= 0.3 is 5.97 Å². The molecule has 0 amide bonds. The molecule has 0 aromatic heterocycles. The first-order valence-electron chi connectivity index (χ1n) is 6.36. The van der Waals surface area contributed by atoms with Gasteiger partial charge in [0.1, 0.15) is 5.75 Å². The molecule has 2 rings (SSSR count). The van der Waals surface area contributed by atoms with Crippen LogP contribution in [0.15, 0.2) is 24.3 Å². The number of carbonyl (C=O) groups is 1. The molecule has 2 atom stereocenters. The summed E-state index contributed by atoms with van der Waals surface area (Å²) in [5.41, 5.74) is 0.600. The van der Waals surface area contributed by atoms with E-state index < -0.39 is 5.41 Å². The molecule has 1 aromatic rings. The van der Waals surface area contributed by atoms with E-state index in [0.717, 1.165) is 17.7 Å². The lowest BCUT2D eigenvalue weighted by molar-refractivity contribution is -0.144. The van der Waals surface area contributed by atoms with Crippen molar-refractivity contribution in [3.63, 3.8) is 0 Å². The van der Waals surface area contributed by atoms with Crippen LogP contribution < -0.4 is 4.74 Å². The van der Waals surface area contributed by atoms with E-state index >= 15 is 0 Å². The molecule has 0 saturated heterocycles. The zero-order chi connectivity index (χ0) is 13.3. The van der Waals surface area contributed by atoms with E-state index in [1.165, 1.54) is 7.11 Å². The molecule has 1 saturated carbocycles. The fraction of sp³-hybridized carbons (Fsp3) is 0.533. The summed E-state index contributed by atoms with van der Waals surface area (Å²) < 4.78 is 10.5. The van der Waals surface area contributed by atoms with Gasteiger partial charge in [0.25, 0.3) is 0 Å². The maximum atomic E-state index is 11.9. The summed E-state index contributed by atoms with van der Waals surface area (Å²) in [4.78, 5) is 11.9. The van der Waals surface area contributed by atoms with Crippen LogP contribution in [-0.2, 0) is 14.9 Å². The maximum Gasteiger partial charge on any atom is 0.316 e. The van der Waals surface area contributed by atoms with Crippen molar-refractivity contribution in [3.8, 4) is 5.75 Å². The van der Waals surface area contributed by atoms with Crippen molar-refractivity contribution in [2.24, 2.45) is 5.92 Å². The highest BCUT2D eigenvalue weighted by Gasteiger charge is 2.59. The highest BCUT2D eigenvalue weighted by Crippen LogP contribution is 2.54. The van der Waals surface area contributed by atoms with Crippen LogP contribution in [0.25, 0.3) is 0 Å². The van der Waals surface area contributed by atoms with Crippen molar-refractivity contribution in [2.45, 2.75) is 38.7 Å². The van der Waals surface area contributed by atoms with Crippen LogP contribution in [-0.4, -0.2) is 19.2 Å². The van der Waals surface area contributed by atoms with E-state index in [9.17, 15) is 4.79 Å². The van der Waals surface area contributed by atoms with E-state index in [1.807, 2.05) is 38.1 Å². The van der Waals surface area contributed by atoms with Crippen molar-refractivity contribution in [2.75, 3.05) is 7.11 Å². The predicted octanol–water partition coefficient (Wildman–Crippen LogP) is 2.92. The number of methoxy groups -OCH3 is 1. The monoisotopic (exact) mass is 248 g/mol. The summed E-state index contributed by atoms with van der Waals surface area (Å²) in [6, 6.07) is 7.78. The lowest BCUT2D eigenvalue weighted by Gasteiger charge is -2.16. The molecule has 1 aliphatic carbocycles. The molecule has 1 fully saturated rings. The summed E-state index contributed by atoms with van der Waals surface area (Å²) in [5.74, 6) is 1.05. The number of hydrogen-bond donors (Lipinski definition) is 0. The smallest absolute Gasteiger partial charge is 0.316 e. The van der Waals surface area contributed by atoms with Gasteiger partial charge in [-0.15, -0.1) is 0 Å². The second kappa shape index (κ2) is 4.63. The second-order valence-electron chi connectivity index (χ2n) is 5.26. The van der Waals surface area contributed by atoms with E-state index in [2.05, 4.69) is 6.92 Å². The fourth-order valence-corrected chi connectivity index (χ4v) is 2.51. The quantitative estimate of drug-likeness (QED) is 0.768. The first kappa shape index (κ1) is 12.9. The second-order valence-corrected chi connectivity index (χ2v) is 5.26. The molecule has 0 radical (unpaired) electrons. The molecule has 3 nitrogen and oxygen atoms in total. The van der Waals surface area contributed by atoms with Gasteiger partial charge in [0.05, 0.1) is 18.6 Å². The first-order chi connectivity index (χ1) is 8.50. The third-order valence-electron chi connectivity index (χ3n) is 3.60. The number of hydrogen-bond acceptors (Lipinski definition) is 3. The first-order valence-corrected chi connectivity index (χ1v) is 6.36. The van der Waals surface area contributed by atoms with Crippen molar-refractivity contribution in [3.05, 3.63) is 29.8 Å². The summed E-state index contributed by atoms with van der Waals surface area (Å²) in [7, 11) is 1.45. The SMILES string of the molecule is COC(=O)C1(c2ccc(OC(C)C)cc2)CC1C. The van der Waals surface area contributed by atoms with Crippen LogP contribution in [0, 0.1) is 5.92 Å². The van der Waals surface area contributed by atoms with E-state index in [4.69, 9.17) is 9.47 Å². The Morgan fingerprint density at radius 1 is 1.33 bits per heavy atom. The maximum absolute atomic E-state index is 11.9. The molecule has 18 heavy (non-hydrogen) atoms. The number of benzene rings is 1. The van der Waals surface area contributed by atoms with Crippen LogP contribution in [0.4, 0.5) is 0 Å². The molecule has 0 spiro atoms. The van der Waals surface area contributed by atoms with Crippen molar-refractivity contribution in [1.29, 1.82) is 0 Å². The molecule has 0 aliphatic heterocycles. The Morgan fingerprint density at radius 2 is 1.89 bits per heavy atom. The summed E-state index contributed by atoms with van der Waals surface area (Å²) in [6.07, 6.45) is 1.02. The zero-order valence-corrected chi connectivity index (χ0v) is 11.4. The Hall–Kier alpha value is -1.51. The van der Waals surface area contributed by atoms with Crippen molar-refractivity contribution < 1.29 is 14.3 Å². The Morgan fingerprint density at radius 3 is 2.28 bits per heavy atom. The average molecular weight is 248 g/mol. The predicted molar refractivity (Wildman–Crippen MR) is 69.7 cm³/mol. The van der Waals surface area contributed by atoms with Gasteiger partial charge < -0.3 is 9.47 Å². The number of carbonyl (C=O) groups excluding carboxylic acids is 1.